The fourth-order valence-electron chi connectivity index (χ4n) is 7.20. The average Bonchev–Trinajstić information content (AvgIpc) is 3.35. The number of carbonyl (C=O) groups is 3. The SMILES string of the molecule is CC/C=C\C/C=C\C/C=C\C/C=C\C/C=C\C/C=C\CCCCC(=O)OCC(COC(=O)CCCCCCC/C=C\CCCC)OC(=O)CCCCCCCC/C=C\C/C=C\C/C=C\CCCCC. The van der Waals surface area contributed by atoms with Crippen LogP contribution in [0.1, 0.15) is 239 Å². The summed E-state index contributed by atoms with van der Waals surface area (Å²) >= 11 is 0. The topological polar surface area (TPSA) is 78.9 Å². The van der Waals surface area contributed by atoms with E-state index in [1.165, 1.54) is 64.2 Å². The molecule has 0 aromatic rings. The van der Waals surface area contributed by atoms with E-state index in [9.17, 15) is 14.4 Å². The first kappa shape index (κ1) is 64.8. The van der Waals surface area contributed by atoms with Crippen molar-refractivity contribution in [3.8, 4) is 0 Å². The van der Waals surface area contributed by atoms with Gasteiger partial charge >= 0.3 is 17.9 Å². The highest BCUT2D eigenvalue weighted by Gasteiger charge is 2.19. The summed E-state index contributed by atoms with van der Waals surface area (Å²) in [5.41, 5.74) is 0. The van der Waals surface area contributed by atoms with Crippen molar-refractivity contribution in [3.05, 3.63) is 122 Å². The molecule has 0 saturated carbocycles. The van der Waals surface area contributed by atoms with Crippen LogP contribution in [0, 0.1) is 0 Å². The van der Waals surface area contributed by atoms with Gasteiger partial charge in [0.15, 0.2) is 6.10 Å². The minimum Gasteiger partial charge on any atom is -0.462 e. The lowest BCUT2D eigenvalue weighted by Gasteiger charge is -2.18. The summed E-state index contributed by atoms with van der Waals surface area (Å²) in [5.74, 6) is -0.976. The van der Waals surface area contributed by atoms with Crippen molar-refractivity contribution in [2.45, 2.75) is 245 Å². The third kappa shape index (κ3) is 54.6. The molecule has 0 radical (unpaired) electrons. The molecule has 0 N–H and O–H groups in total. The molecule has 69 heavy (non-hydrogen) atoms. The van der Waals surface area contributed by atoms with Crippen LogP contribution in [0.2, 0.25) is 0 Å². The summed E-state index contributed by atoms with van der Waals surface area (Å²) in [5, 5.41) is 0. The Kier molecular flexibility index (Phi) is 53.0. The fourth-order valence-corrected chi connectivity index (χ4v) is 7.20. The van der Waals surface area contributed by atoms with Crippen LogP contribution in [0.4, 0.5) is 0 Å². The number of unbranched alkanes of at least 4 members (excludes halogenated alkanes) is 18. The lowest BCUT2D eigenvalue weighted by molar-refractivity contribution is -0.167. The summed E-state index contributed by atoms with van der Waals surface area (Å²) < 4.78 is 16.8. The van der Waals surface area contributed by atoms with Crippen LogP contribution in [-0.4, -0.2) is 37.2 Å². The molecule has 390 valence electrons. The van der Waals surface area contributed by atoms with Gasteiger partial charge in [0.1, 0.15) is 13.2 Å². The summed E-state index contributed by atoms with van der Waals surface area (Å²) in [4.78, 5) is 38.1. The Balaban J connectivity index is 4.48. The Morgan fingerprint density at radius 2 is 0.580 bits per heavy atom. The molecule has 0 aliphatic rings. The van der Waals surface area contributed by atoms with Gasteiger partial charge in [-0.2, -0.15) is 0 Å². The molecule has 6 heteroatoms. The van der Waals surface area contributed by atoms with Crippen LogP contribution in [0.25, 0.3) is 0 Å². The Morgan fingerprint density at radius 3 is 0.971 bits per heavy atom. The van der Waals surface area contributed by atoms with E-state index < -0.39 is 6.10 Å². The molecule has 6 nitrogen and oxygen atoms in total. The molecule has 0 fully saturated rings. The van der Waals surface area contributed by atoms with Crippen LogP contribution in [-0.2, 0) is 28.6 Å². The van der Waals surface area contributed by atoms with E-state index in [2.05, 4.69) is 142 Å². The summed E-state index contributed by atoms with van der Waals surface area (Å²) in [6, 6.07) is 0. The second-order valence-corrected chi connectivity index (χ2v) is 18.1. The summed E-state index contributed by atoms with van der Waals surface area (Å²) in [7, 11) is 0. The van der Waals surface area contributed by atoms with Gasteiger partial charge in [-0.25, -0.2) is 0 Å². The van der Waals surface area contributed by atoms with Gasteiger partial charge in [0.25, 0.3) is 0 Å². The molecular weight excluding hydrogens is 853 g/mol. The average molecular weight is 956 g/mol. The van der Waals surface area contributed by atoms with E-state index in [-0.39, 0.29) is 31.1 Å². The number of rotatable bonds is 49. The zero-order chi connectivity index (χ0) is 50.0. The number of hydrogen-bond acceptors (Lipinski definition) is 6. The first-order valence-corrected chi connectivity index (χ1v) is 28.0. The van der Waals surface area contributed by atoms with Crippen molar-refractivity contribution < 1.29 is 28.6 Å². The maximum Gasteiger partial charge on any atom is 0.306 e. The van der Waals surface area contributed by atoms with E-state index in [0.717, 1.165) is 128 Å². The van der Waals surface area contributed by atoms with Crippen LogP contribution < -0.4 is 0 Å². The van der Waals surface area contributed by atoms with E-state index >= 15 is 0 Å². The van der Waals surface area contributed by atoms with Crippen molar-refractivity contribution in [2.75, 3.05) is 13.2 Å². The van der Waals surface area contributed by atoms with Gasteiger partial charge in [0.2, 0.25) is 0 Å². The van der Waals surface area contributed by atoms with Crippen molar-refractivity contribution in [1.29, 1.82) is 0 Å². The van der Waals surface area contributed by atoms with Crippen LogP contribution in [0.3, 0.4) is 0 Å². The third-order valence-corrected chi connectivity index (χ3v) is 11.4. The quantitative estimate of drug-likeness (QED) is 0.0262. The Hall–Kier alpha value is -4.19. The lowest BCUT2D eigenvalue weighted by atomic mass is 10.1. The van der Waals surface area contributed by atoms with E-state index in [1.54, 1.807) is 0 Å². The van der Waals surface area contributed by atoms with Crippen molar-refractivity contribution in [1.82, 2.24) is 0 Å². The molecule has 0 saturated heterocycles. The minimum absolute atomic E-state index is 0.105. The summed E-state index contributed by atoms with van der Waals surface area (Å²) in [6.45, 7) is 6.39. The molecule has 0 aromatic carbocycles. The molecule has 0 rings (SSSR count). The van der Waals surface area contributed by atoms with E-state index in [4.69, 9.17) is 14.2 Å². The Morgan fingerprint density at radius 1 is 0.304 bits per heavy atom. The lowest BCUT2D eigenvalue weighted by Crippen LogP contribution is -2.30. The molecule has 1 unspecified atom stereocenters. The zero-order valence-corrected chi connectivity index (χ0v) is 44.5. The molecule has 0 aliphatic carbocycles. The van der Waals surface area contributed by atoms with E-state index in [1.807, 2.05) is 0 Å². The zero-order valence-electron chi connectivity index (χ0n) is 44.5. The third-order valence-electron chi connectivity index (χ3n) is 11.4. The minimum atomic E-state index is -0.810. The number of ether oxygens (including phenoxy) is 3. The fraction of sp³-hybridized carbons (Fsp3) is 0.635. The largest absolute Gasteiger partial charge is 0.462 e. The van der Waals surface area contributed by atoms with Crippen LogP contribution >= 0.6 is 0 Å². The molecule has 0 amide bonds. The second-order valence-electron chi connectivity index (χ2n) is 18.1. The number of allylic oxidation sites excluding steroid dienone is 20. The standard InChI is InChI=1S/C63H102O6/c1-4-7-10-13-16-19-22-24-26-28-30-31-33-34-36-38-41-44-47-50-53-56-62(65)68-59-60(58-67-61(64)55-52-49-46-43-40-21-18-15-12-9-6-3)69-63(66)57-54-51-48-45-42-39-37-35-32-29-27-25-23-20-17-14-11-8-5-2/h7,10,15-20,24-27,30-32,34-36,41,44,60H,4-6,8-9,11-14,21-23,28-29,33,37-40,42-43,45-59H2,1-3H3/b10-7-,18-15-,19-16-,20-17-,26-24-,27-25-,31-30-,35-32-,36-34-,44-41-. The second kappa shape index (κ2) is 56.4. The Labute approximate surface area is 424 Å². The Bertz CT molecular complexity index is 1470. The molecule has 0 spiro atoms. The maximum absolute atomic E-state index is 12.8. The highest BCUT2D eigenvalue weighted by molar-refractivity contribution is 5.71. The van der Waals surface area contributed by atoms with Crippen molar-refractivity contribution in [3.63, 3.8) is 0 Å². The van der Waals surface area contributed by atoms with Crippen molar-refractivity contribution in [2.24, 2.45) is 0 Å². The van der Waals surface area contributed by atoms with E-state index in [0.29, 0.717) is 25.7 Å². The molecule has 0 heterocycles. The molecular formula is C63H102O6. The number of esters is 3. The first-order valence-electron chi connectivity index (χ1n) is 28.0. The van der Waals surface area contributed by atoms with Gasteiger partial charge in [-0.15, -0.1) is 0 Å². The highest BCUT2D eigenvalue weighted by Crippen LogP contribution is 2.13. The van der Waals surface area contributed by atoms with Crippen LogP contribution in [0.5, 0.6) is 0 Å². The normalized spacial score (nSPS) is 13.0. The molecule has 0 bridgehead atoms. The van der Waals surface area contributed by atoms with Gasteiger partial charge < -0.3 is 14.2 Å². The number of hydrogen-bond donors (Lipinski definition) is 0. The van der Waals surface area contributed by atoms with Gasteiger partial charge in [0, 0.05) is 19.3 Å². The molecule has 0 aromatic heterocycles. The first-order chi connectivity index (χ1) is 34.0. The molecule has 0 aliphatic heterocycles. The predicted molar refractivity (Wildman–Crippen MR) is 297 cm³/mol. The summed E-state index contributed by atoms with van der Waals surface area (Å²) in [6.07, 6.45) is 77.6. The van der Waals surface area contributed by atoms with Gasteiger partial charge in [-0.1, -0.05) is 213 Å². The van der Waals surface area contributed by atoms with Crippen molar-refractivity contribution >= 4 is 17.9 Å². The highest BCUT2D eigenvalue weighted by atomic mass is 16.6. The smallest absolute Gasteiger partial charge is 0.306 e. The number of carbonyl (C=O) groups excluding carboxylic acids is 3. The predicted octanol–water partition coefficient (Wildman–Crippen LogP) is 18.9. The van der Waals surface area contributed by atoms with Gasteiger partial charge in [-0.05, 0) is 128 Å². The molecule has 1 atom stereocenters. The maximum atomic E-state index is 12.8. The monoisotopic (exact) mass is 955 g/mol. The van der Waals surface area contributed by atoms with Gasteiger partial charge in [-0.3, -0.25) is 14.4 Å². The van der Waals surface area contributed by atoms with Crippen LogP contribution in [0.15, 0.2) is 122 Å². The van der Waals surface area contributed by atoms with Gasteiger partial charge in [0.05, 0.1) is 0 Å².